The maximum atomic E-state index is 12.3. The second-order valence-corrected chi connectivity index (χ2v) is 6.03. The van der Waals surface area contributed by atoms with Crippen LogP contribution in [0.2, 0.25) is 0 Å². The van der Waals surface area contributed by atoms with Gasteiger partial charge in [0.2, 0.25) is 0 Å². The van der Waals surface area contributed by atoms with Crippen molar-refractivity contribution < 1.29 is 4.79 Å². The maximum absolute atomic E-state index is 12.3. The van der Waals surface area contributed by atoms with Gasteiger partial charge in [0, 0.05) is 37.4 Å². The minimum absolute atomic E-state index is 0.0670. The Hall–Kier alpha value is -2.71. The molecule has 0 spiro atoms. The molecule has 1 aromatic carbocycles. The van der Waals surface area contributed by atoms with Crippen LogP contribution in [0.5, 0.6) is 0 Å². The average molecular weight is 320 g/mol. The number of nitrogens with zero attached hydrogens (tertiary/aromatic N) is 3. The molecule has 0 atom stereocenters. The highest BCUT2D eigenvalue weighted by Gasteiger charge is 2.21. The molecule has 0 aliphatic carbocycles. The van der Waals surface area contributed by atoms with Crippen molar-refractivity contribution in [3.63, 3.8) is 0 Å². The van der Waals surface area contributed by atoms with Gasteiger partial charge in [0.25, 0.3) is 5.91 Å². The van der Waals surface area contributed by atoms with Gasteiger partial charge in [-0.1, -0.05) is 6.07 Å². The second-order valence-electron chi connectivity index (χ2n) is 6.03. The van der Waals surface area contributed by atoms with E-state index in [9.17, 15) is 4.79 Å². The molecule has 1 aromatic heterocycles. The summed E-state index contributed by atoms with van der Waals surface area (Å²) in [6.45, 7) is 2.76. The van der Waals surface area contributed by atoms with Crippen LogP contribution in [-0.2, 0) is 6.54 Å². The van der Waals surface area contributed by atoms with Crippen molar-refractivity contribution in [3.8, 4) is 6.07 Å². The number of carbonyl (C=O) groups excluding carboxylic acids is 1. The Morgan fingerprint density at radius 3 is 2.58 bits per heavy atom. The zero-order chi connectivity index (χ0) is 16.8. The molecule has 0 radical (unpaired) electrons. The molecule has 24 heavy (non-hydrogen) atoms. The molecule has 1 fully saturated rings. The number of rotatable bonds is 4. The number of aromatic nitrogens is 1. The van der Waals surface area contributed by atoms with Gasteiger partial charge in [0.15, 0.2) is 0 Å². The predicted molar refractivity (Wildman–Crippen MR) is 91.2 cm³/mol. The summed E-state index contributed by atoms with van der Waals surface area (Å²) in [5.41, 5.74) is 2.25. The number of piperidine rings is 1. The zero-order valence-electron chi connectivity index (χ0n) is 13.5. The van der Waals surface area contributed by atoms with E-state index in [0.29, 0.717) is 11.1 Å². The minimum atomic E-state index is -0.0670. The lowest BCUT2D eigenvalue weighted by Gasteiger charge is -2.32. The highest BCUT2D eigenvalue weighted by atomic mass is 16.1. The van der Waals surface area contributed by atoms with E-state index >= 15 is 0 Å². The molecule has 1 saturated heterocycles. The normalized spacial score (nSPS) is 15.6. The first kappa shape index (κ1) is 16.2. The molecule has 5 nitrogen and oxygen atoms in total. The van der Waals surface area contributed by atoms with E-state index in [1.165, 1.54) is 0 Å². The van der Waals surface area contributed by atoms with Gasteiger partial charge < -0.3 is 5.32 Å². The number of benzene rings is 1. The molecule has 122 valence electrons. The Labute approximate surface area is 141 Å². The third-order valence-electron chi connectivity index (χ3n) is 4.31. The van der Waals surface area contributed by atoms with Gasteiger partial charge in [-0.15, -0.1) is 0 Å². The van der Waals surface area contributed by atoms with Crippen molar-refractivity contribution in [1.29, 1.82) is 5.26 Å². The van der Waals surface area contributed by atoms with E-state index in [0.717, 1.165) is 38.2 Å². The summed E-state index contributed by atoms with van der Waals surface area (Å²) in [5.74, 6) is -0.0670. The van der Waals surface area contributed by atoms with Crippen LogP contribution < -0.4 is 5.32 Å². The summed E-state index contributed by atoms with van der Waals surface area (Å²) in [5, 5.41) is 11.9. The lowest BCUT2D eigenvalue weighted by Crippen LogP contribution is -2.44. The van der Waals surface area contributed by atoms with Crippen molar-refractivity contribution in [2.75, 3.05) is 13.1 Å². The van der Waals surface area contributed by atoms with Crippen molar-refractivity contribution in [1.82, 2.24) is 15.2 Å². The van der Waals surface area contributed by atoms with Crippen LogP contribution in [0.25, 0.3) is 0 Å². The van der Waals surface area contributed by atoms with Crippen LogP contribution in [-0.4, -0.2) is 34.9 Å². The quantitative estimate of drug-likeness (QED) is 0.939. The molecule has 2 aromatic rings. The van der Waals surface area contributed by atoms with Crippen molar-refractivity contribution >= 4 is 5.91 Å². The number of hydrogen-bond donors (Lipinski definition) is 1. The van der Waals surface area contributed by atoms with E-state index in [1.54, 1.807) is 24.3 Å². The van der Waals surface area contributed by atoms with E-state index in [-0.39, 0.29) is 11.9 Å². The molecule has 1 aliphatic heterocycles. The van der Waals surface area contributed by atoms with Gasteiger partial charge in [0.1, 0.15) is 0 Å². The summed E-state index contributed by atoms with van der Waals surface area (Å²) in [4.78, 5) is 19.0. The molecule has 1 aliphatic rings. The molecular weight excluding hydrogens is 300 g/mol. The maximum Gasteiger partial charge on any atom is 0.251 e. The molecule has 1 amide bonds. The minimum Gasteiger partial charge on any atom is -0.349 e. The summed E-state index contributed by atoms with van der Waals surface area (Å²) in [6, 6.07) is 15.0. The fraction of sp³-hybridized carbons (Fsp3) is 0.316. The first-order valence-electron chi connectivity index (χ1n) is 8.18. The van der Waals surface area contributed by atoms with Crippen molar-refractivity contribution in [3.05, 3.63) is 65.5 Å². The highest BCUT2D eigenvalue weighted by Crippen LogP contribution is 2.14. The third-order valence-corrected chi connectivity index (χ3v) is 4.31. The summed E-state index contributed by atoms with van der Waals surface area (Å²) in [6.07, 6.45) is 3.70. The number of carbonyl (C=O) groups is 1. The molecule has 3 rings (SSSR count). The molecule has 0 unspecified atom stereocenters. The SMILES string of the molecule is N#Cc1ccc(C(=O)NC2CCN(Cc3ccccn3)CC2)cc1. The monoisotopic (exact) mass is 320 g/mol. The summed E-state index contributed by atoms with van der Waals surface area (Å²) in [7, 11) is 0. The molecule has 1 N–H and O–H groups in total. The Morgan fingerprint density at radius 2 is 1.96 bits per heavy atom. The summed E-state index contributed by atoms with van der Waals surface area (Å²) < 4.78 is 0. The van der Waals surface area contributed by atoms with E-state index in [1.807, 2.05) is 24.4 Å². The molecular formula is C19H20N4O. The fourth-order valence-corrected chi connectivity index (χ4v) is 2.92. The standard InChI is InChI=1S/C19H20N4O/c20-13-15-4-6-16(7-5-15)19(24)22-17-8-11-23(12-9-17)14-18-3-1-2-10-21-18/h1-7,10,17H,8-9,11-12,14H2,(H,22,24). The van der Waals surface area contributed by atoms with Crippen molar-refractivity contribution in [2.45, 2.75) is 25.4 Å². The number of nitrogens with one attached hydrogen (secondary N) is 1. The average Bonchev–Trinajstić information content (AvgIpc) is 2.64. The summed E-state index contributed by atoms with van der Waals surface area (Å²) >= 11 is 0. The van der Waals surface area contributed by atoms with Crippen LogP contribution in [0.4, 0.5) is 0 Å². The fourth-order valence-electron chi connectivity index (χ4n) is 2.92. The molecule has 2 heterocycles. The van der Waals surface area contributed by atoms with Gasteiger partial charge in [-0.2, -0.15) is 5.26 Å². The van der Waals surface area contributed by atoms with Gasteiger partial charge in [-0.05, 0) is 49.2 Å². The zero-order valence-corrected chi connectivity index (χ0v) is 13.5. The smallest absolute Gasteiger partial charge is 0.251 e. The van der Waals surface area contributed by atoms with Gasteiger partial charge >= 0.3 is 0 Å². The lowest BCUT2D eigenvalue weighted by molar-refractivity contribution is 0.0908. The third kappa shape index (κ3) is 4.18. The Kier molecular flexibility index (Phi) is 5.19. The number of hydrogen-bond acceptors (Lipinski definition) is 4. The largest absolute Gasteiger partial charge is 0.349 e. The molecule has 0 bridgehead atoms. The van der Waals surface area contributed by atoms with E-state index < -0.39 is 0 Å². The van der Waals surface area contributed by atoms with Crippen molar-refractivity contribution in [2.24, 2.45) is 0 Å². The number of nitriles is 1. The highest BCUT2D eigenvalue weighted by molar-refractivity contribution is 5.94. The number of amides is 1. The first-order chi connectivity index (χ1) is 11.7. The first-order valence-corrected chi connectivity index (χ1v) is 8.18. The van der Waals surface area contributed by atoms with Gasteiger partial charge in [0.05, 0.1) is 17.3 Å². The van der Waals surface area contributed by atoms with Gasteiger partial charge in [-0.25, -0.2) is 0 Å². The molecule has 0 saturated carbocycles. The van der Waals surface area contributed by atoms with Gasteiger partial charge in [-0.3, -0.25) is 14.7 Å². The number of likely N-dealkylation sites (tertiary alicyclic amines) is 1. The van der Waals surface area contributed by atoms with Crippen LogP contribution in [0.1, 0.15) is 34.5 Å². The van der Waals surface area contributed by atoms with Crippen LogP contribution in [0.15, 0.2) is 48.7 Å². The lowest BCUT2D eigenvalue weighted by atomic mass is 10.0. The van der Waals surface area contributed by atoms with E-state index in [4.69, 9.17) is 5.26 Å². The Bertz CT molecular complexity index is 713. The molecule has 5 heteroatoms. The van der Waals surface area contributed by atoms with Crippen LogP contribution in [0.3, 0.4) is 0 Å². The second kappa shape index (κ2) is 7.71. The predicted octanol–water partition coefficient (Wildman–Crippen LogP) is 2.35. The topological polar surface area (TPSA) is 69.0 Å². The number of pyridine rings is 1. The van der Waals surface area contributed by atoms with E-state index in [2.05, 4.69) is 21.3 Å². The Balaban J connectivity index is 1.48. The van der Waals surface area contributed by atoms with Crippen LogP contribution in [0, 0.1) is 11.3 Å². The Morgan fingerprint density at radius 1 is 1.21 bits per heavy atom. The van der Waals surface area contributed by atoms with Crippen LogP contribution >= 0.6 is 0 Å².